The molecule has 2 rings (SSSR count). The highest BCUT2D eigenvalue weighted by atomic mass is 16.5. The zero-order chi connectivity index (χ0) is 19.8. The number of rotatable bonds is 8. The Bertz CT molecular complexity index is 747. The molecule has 0 bridgehead atoms. The summed E-state index contributed by atoms with van der Waals surface area (Å²) in [5.41, 5.74) is 2.90. The molecule has 146 valence electrons. The molecule has 0 aliphatic carbocycles. The molecule has 0 aliphatic rings. The van der Waals surface area contributed by atoms with Crippen molar-refractivity contribution in [2.45, 2.75) is 33.7 Å². The number of hydrazine groups is 1. The molecule has 2 aromatic rings. The first-order chi connectivity index (χ1) is 12.9. The van der Waals surface area contributed by atoms with Crippen LogP contribution in [0.5, 0.6) is 5.75 Å². The summed E-state index contributed by atoms with van der Waals surface area (Å²) >= 11 is 0. The number of hydrogen-bond acceptors (Lipinski definition) is 6. The first-order valence-electron chi connectivity index (χ1n) is 9.10. The number of anilines is 1. The van der Waals surface area contributed by atoms with E-state index < -0.39 is 0 Å². The van der Waals surface area contributed by atoms with E-state index in [0.717, 1.165) is 22.6 Å². The number of aromatic nitrogens is 1. The van der Waals surface area contributed by atoms with Gasteiger partial charge in [-0.25, -0.2) is 5.84 Å². The van der Waals surface area contributed by atoms with E-state index in [2.05, 4.69) is 36.2 Å². The molecule has 0 spiro atoms. The molecule has 1 atom stereocenters. The van der Waals surface area contributed by atoms with Crippen LogP contribution in [0.15, 0.2) is 47.8 Å². The highest BCUT2D eigenvalue weighted by molar-refractivity contribution is 5.98. The largest absolute Gasteiger partial charge is 0.491 e. The predicted molar refractivity (Wildman–Crippen MR) is 110 cm³/mol. The van der Waals surface area contributed by atoms with E-state index in [-0.39, 0.29) is 6.04 Å². The lowest BCUT2D eigenvalue weighted by atomic mass is 10.1. The summed E-state index contributed by atoms with van der Waals surface area (Å²) in [4.78, 5) is 4.02. The van der Waals surface area contributed by atoms with Gasteiger partial charge in [-0.05, 0) is 55.7 Å². The average molecular weight is 371 g/mol. The number of nitrogens with zero attached hydrogens (tertiary/aromatic N) is 3. The minimum absolute atomic E-state index is 0.131. The second-order valence-corrected chi connectivity index (χ2v) is 7.13. The van der Waals surface area contributed by atoms with Crippen molar-refractivity contribution in [3.8, 4) is 5.75 Å². The molecule has 0 saturated carbocycles. The number of hydrogen-bond donors (Lipinski definition) is 3. The van der Waals surface area contributed by atoms with E-state index in [1.54, 1.807) is 17.4 Å². The van der Waals surface area contributed by atoms with E-state index in [9.17, 15) is 0 Å². The third-order valence-corrected chi connectivity index (χ3v) is 3.86. The minimum atomic E-state index is 0.131. The third kappa shape index (κ3) is 6.45. The summed E-state index contributed by atoms with van der Waals surface area (Å²) in [7, 11) is 0. The van der Waals surface area contributed by atoms with Crippen LogP contribution in [0, 0.1) is 12.8 Å². The molecule has 0 radical (unpaired) electrons. The summed E-state index contributed by atoms with van der Waals surface area (Å²) in [6, 6.07) is 9.88. The van der Waals surface area contributed by atoms with Crippen molar-refractivity contribution in [1.29, 1.82) is 0 Å². The Morgan fingerprint density at radius 1 is 1.22 bits per heavy atom. The third-order valence-electron chi connectivity index (χ3n) is 3.86. The quantitative estimate of drug-likeness (QED) is 0.286. The molecule has 0 saturated heterocycles. The lowest BCUT2D eigenvalue weighted by Crippen LogP contribution is -2.41. The van der Waals surface area contributed by atoms with Crippen LogP contribution >= 0.6 is 0 Å². The number of ether oxygens (including phenoxy) is 1. The maximum atomic E-state index is 6.14. The Hall–Kier alpha value is -2.80. The zero-order valence-electron chi connectivity index (χ0n) is 16.5. The van der Waals surface area contributed by atoms with E-state index in [1.165, 1.54) is 0 Å². The van der Waals surface area contributed by atoms with Gasteiger partial charge in [-0.3, -0.25) is 9.99 Å². The maximum absolute atomic E-state index is 6.14. The Morgan fingerprint density at radius 3 is 2.56 bits per heavy atom. The fourth-order valence-corrected chi connectivity index (χ4v) is 2.75. The van der Waals surface area contributed by atoms with Crippen LogP contribution in [-0.2, 0) is 0 Å². The molecule has 1 heterocycles. The molecule has 27 heavy (non-hydrogen) atoms. The van der Waals surface area contributed by atoms with Crippen LogP contribution in [-0.4, -0.2) is 35.0 Å². The maximum Gasteiger partial charge on any atom is 0.169 e. The first-order valence-corrected chi connectivity index (χ1v) is 9.10. The Morgan fingerprint density at radius 2 is 1.93 bits per heavy atom. The van der Waals surface area contributed by atoms with Crippen molar-refractivity contribution in [3.05, 3.63) is 53.9 Å². The number of hydrazone groups is 1. The Labute approximate surface area is 161 Å². The molecule has 7 nitrogen and oxygen atoms in total. The number of nitrogens with one attached hydrogen (secondary N) is 1. The highest BCUT2D eigenvalue weighted by Crippen LogP contribution is 2.19. The smallest absolute Gasteiger partial charge is 0.169 e. The molecule has 0 unspecified atom stereocenters. The molecule has 0 aliphatic heterocycles. The lowest BCUT2D eigenvalue weighted by Gasteiger charge is -2.23. The molecular weight excluding hydrogens is 340 g/mol. The minimum Gasteiger partial charge on any atom is -0.491 e. The van der Waals surface area contributed by atoms with E-state index >= 15 is 0 Å². The molecule has 5 N–H and O–H groups in total. The second-order valence-electron chi connectivity index (χ2n) is 7.13. The fraction of sp³-hybridized carbons (Fsp3) is 0.400. The lowest BCUT2D eigenvalue weighted by molar-refractivity contribution is 0.303. The summed E-state index contributed by atoms with van der Waals surface area (Å²) in [6.45, 7) is 9.43. The summed E-state index contributed by atoms with van der Waals surface area (Å²) in [5, 5.41) is 8.85. The molecular formula is C20H30N6O. The van der Waals surface area contributed by atoms with Crippen molar-refractivity contribution >= 4 is 11.5 Å². The predicted octanol–water partition coefficient (Wildman–Crippen LogP) is 2.72. The number of nitrogens with two attached hydrogens (primary N) is 2. The molecule has 1 aromatic carbocycles. The molecule has 1 aromatic heterocycles. The van der Waals surface area contributed by atoms with Crippen molar-refractivity contribution in [2.75, 3.05) is 18.5 Å². The second kappa shape index (κ2) is 9.78. The van der Waals surface area contributed by atoms with Gasteiger partial charge in [0.1, 0.15) is 12.4 Å². The van der Waals surface area contributed by atoms with Crippen LogP contribution in [0.25, 0.3) is 0 Å². The Balaban J connectivity index is 2.05. The van der Waals surface area contributed by atoms with Gasteiger partial charge in [0.05, 0.1) is 6.04 Å². The van der Waals surface area contributed by atoms with Gasteiger partial charge in [0.15, 0.2) is 5.84 Å². The van der Waals surface area contributed by atoms with Crippen molar-refractivity contribution < 1.29 is 4.74 Å². The van der Waals surface area contributed by atoms with E-state index in [0.29, 0.717) is 24.9 Å². The van der Waals surface area contributed by atoms with Gasteiger partial charge >= 0.3 is 0 Å². The SMILES string of the molecule is Cc1cc(OC[C@H](C)Nc2ccncc2)cc(/C(=N/N)N(N)CC(C)C)c1. The van der Waals surface area contributed by atoms with Gasteiger partial charge in [-0.2, -0.15) is 5.10 Å². The summed E-state index contributed by atoms with van der Waals surface area (Å²) in [6.07, 6.45) is 3.51. The summed E-state index contributed by atoms with van der Waals surface area (Å²) < 4.78 is 5.98. The number of benzene rings is 1. The van der Waals surface area contributed by atoms with Gasteiger partial charge in [0.25, 0.3) is 0 Å². The molecule has 0 fully saturated rings. The fourth-order valence-electron chi connectivity index (χ4n) is 2.75. The first kappa shape index (κ1) is 20.5. The Kier molecular flexibility index (Phi) is 7.43. The van der Waals surface area contributed by atoms with Gasteiger partial charge in [0.2, 0.25) is 0 Å². The van der Waals surface area contributed by atoms with Crippen molar-refractivity contribution in [3.63, 3.8) is 0 Å². The average Bonchev–Trinajstić information content (AvgIpc) is 2.60. The van der Waals surface area contributed by atoms with E-state index in [4.69, 9.17) is 16.4 Å². The normalized spacial score (nSPS) is 12.7. The van der Waals surface area contributed by atoms with Gasteiger partial charge in [-0.1, -0.05) is 13.8 Å². The number of pyridine rings is 1. The molecule has 0 amide bonds. The topological polar surface area (TPSA) is 102 Å². The van der Waals surface area contributed by atoms with Crippen LogP contribution in [0.1, 0.15) is 31.9 Å². The van der Waals surface area contributed by atoms with Crippen LogP contribution in [0.3, 0.4) is 0 Å². The number of amidine groups is 1. The van der Waals surface area contributed by atoms with Gasteiger partial charge in [-0.15, -0.1) is 0 Å². The summed E-state index contributed by atoms with van der Waals surface area (Å²) in [5.74, 6) is 13.4. The van der Waals surface area contributed by atoms with Crippen molar-refractivity contribution in [1.82, 2.24) is 9.99 Å². The zero-order valence-corrected chi connectivity index (χ0v) is 16.5. The standard InChI is InChI=1S/C20H30N6O/c1-14(2)12-26(22)20(25-21)17-9-15(3)10-19(11-17)27-13-16(4)24-18-5-7-23-8-6-18/h5-11,14,16H,12-13,21-22H2,1-4H3,(H,23,24)/b25-20-/t16-/m0/s1. The van der Waals surface area contributed by atoms with Crippen LogP contribution < -0.4 is 21.7 Å². The monoisotopic (exact) mass is 370 g/mol. The van der Waals surface area contributed by atoms with Gasteiger partial charge in [0, 0.05) is 30.2 Å². The highest BCUT2D eigenvalue weighted by Gasteiger charge is 2.14. The van der Waals surface area contributed by atoms with E-state index in [1.807, 2.05) is 37.3 Å². The van der Waals surface area contributed by atoms with Crippen LogP contribution in [0.4, 0.5) is 5.69 Å². The van der Waals surface area contributed by atoms with Crippen molar-refractivity contribution in [2.24, 2.45) is 22.7 Å². The van der Waals surface area contributed by atoms with Crippen LogP contribution in [0.2, 0.25) is 0 Å². The molecule has 7 heteroatoms. The number of aryl methyl sites for hydroxylation is 1. The van der Waals surface area contributed by atoms with Gasteiger partial charge < -0.3 is 15.9 Å².